The van der Waals surface area contributed by atoms with Crippen LogP contribution in [-0.2, 0) is 0 Å². The van der Waals surface area contributed by atoms with E-state index in [0.29, 0.717) is 28.2 Å². The number of halogens is 1. The van der Waals surface area contributed by atoms with E-state index in [1.54, 1.807) is 19.2 Å². The lowest BCUT2D eigenvalue weighted by molar-refractivity contribution is 0.112. The molecule has 4 heteroatoms. The summed E-state index contributed by atoms with van der Waals surface area (Å²) in [6, 6.07) is 11.0. The molecule has 0 aromatic heterocycles. The molecule has 21 heavy (non-hydrogen) atoms. The van der Waals surface area contributed by atoms with Crippen molar-refractivity contribution in [3.8, 4) is 22.6 Å². The Morgan fingerprint density at radius 2 is 1.95 bits per heavy atom. The van der Waals surface area contributed by atoms with Gasteiger partial charge in [0.2, 0.25) is 0 Å². The molecule has 1 aliphatic carbocycles. The van der Waals surface area contributed by atoms with Crippen LogP contribution in [0.5, 0.6) is 11.5 Å². The number of aldehydes is 1. The quantitative estimate of drug-likeness (QED) is 0.769. The molecule has 2 aromatic carbocycles. The standard InChI is InChI=1S/C17H15ClO3/c1-20-17-8-11(10-19)2-6-14(17)12-3-7-16(15(18)9-12)21-13-4-5-13/h2-3,6-10,13H,4-5H2,1H3. The second kappa shape index (κ2) is 5.78. The number of hydrogen-bond acceptors (Lipinski definition) is 3. The summed E-state index contributed by atoms with van der Waals surface area (Å²) >= 11 is 6.28. The molecule has 0 radical (unpaired) electrons. The maximum Gasteiger partial charge on any atom is 0.150 e. The lowest BCUT2D eigenvalue weighted by atomic mass is 10.0. The van der Waals surface area contributed by atoms with Crippen LogP contribution in [-0.4, -0.2) is 19.5 Å². The summed E-state index contributed by atoms with van der Waals surface area (Å²) in [6.07, 6.45) is 3.30. The molecule has 0 unspecified atom stereocenters. The number of benzene rings is 2. The lowest BCUT2D eigenvalue weighted by Gasteiger charge is -2.12. The van der Waals surface area contributed by atoms with Gasteiger partial charge in [-0.05, 0) is 42.7 Å². The molecule has 0 aliphatic heterocycles. The Hall–Kier alpha value is -2.00. The first kappa shape index (κ1) is 14.0. The summed E-state index contributed by atoms with van der Waals surface area (Å²) in [4.78, 5) is 10.8. The minimum Gasteiger partial charge on any atom is -0.496 e. The van der Waals surface area contributed by atoms with Crippen LogP contribution in [0.15, 0.2) is 36.4 Å². The summed E-state index contributed by atoms with van der Waals surface area (Å²) in [5.74, 6) is 1.36. The monoisotopic (exact) mass is 302 g/mol. The molecule has 0 atom stereocenters. The fourth-order valence-corrected chi connectivity index (χ4v) is 2.37. The topological polar surface area (TPSA) is 35.5 Å². The van der Waals surface area contributed by atoms with Gasteiger partial charge >= 0.3 is 0 Å². The van der Waals surface area contributed by atoms with Crippen LogP contribution >= 0.6 is 11.6 Å². The molecule has 0 amide bonds. The number of rotatable bonds is 5. The average Bonchev–Trinajstić information content (AvgIpc) is 3.32. The molecule has 1 saturated carbocycles. The van der Waals surface area contributed by atoms with Gasteiger partial charge in [0.1, 0.15) is 17.8 Å². The first-order valence-electron chi connectivity index (χ1n) is 6.81. The Morgan fingerprint density at radius 3 is 2.57 bits per heavy atom. The highest BCUT2D eigenvalue weighted by molar-refractivity contribution is 6.32. The molecule has 2 aromatic rings. The van der Waals surface area contributed by atoms with Gasteiger partial charge in [-0.25, -0.2) is 0 Å². The zero-order valence-corrected chi connectivity index (χ0v) is 12.4. The highest BCUT2D eigenvalue weighted by Gasteiger charge is 2.24. The first-order chi connectivity index (χ1) is 10.2. The number of carbonyl (C=O) groups excluding carboxylic acids is 1. The van der Waals surface area contributed by atoms with Crippen molar-refractivity contribution >= 4 is 17.9 Å². The van der Waals surface area contributed by atoms with E-state index in [2.05, 4.69) is 0 Å². The molecular weight excluding hydrogens is 288 g/mol. The van der Waals surface area contributed by atoms with Crippen molar-refractivity contribution < 1.29 is 14.3 Å². The fourth-order valence-electron chi connectivity index (χ4n) is 2.15. The molecule has 3 nitrogen and oxygen atoms in total. The van der Waals surface area contributed by atoms with Gasteiger partial charge in [0.15, 0.2) is 0 Å². The Balaban J connectivity index is 1.95. The normalized spacial score (nSPS) is 13.8. The zero-order chi connectivity index (χ0) is 14.8. The number of hydrogen-bond donors (Lipinski definition) is 0. The smallest absolute Gasteiger partial charge is 0.150 e. The van der Waals surface area contributed by atoms with Gasteiger partial charge in [0, 0.05) is 11.1 Å². The predicted octanol–water partition coefficient (Wildman–Crippen LogP) is 4.37. The minimum absolute atomic E-state index is 0.315. The van der Waals surface area contributed by atoms with Gasteiger partial charge in [0.05, 0.1) is 18.2 Å². The first-order valence-corrected chi connectivity index (χ1v) is 7.19. The van der Waals surface area contributed by atoms with Crippen LogP contribution in [0, 0.1) is 0 Å². The van der Waals surface area contributed by atoms with Gasteiger partial charge in [-0.2, -0.15) is 0 Å². The van der Waals surface area contributed by atoms with Gasteiger partial charge in [-0.3, -0.25) is 4.79 Å². The highest BCUT2D eigenvalue weighted by atomic mass is 35.5. The van der Waals surface area contributed by atoms with Gasteiger partial charge in [0.25, 0.3) is 0 Å². The van der Waals surface area contributed by atoms with Crippen LogP contribution in [0.1, 0.15) is 23.2 Å². The van der Waals surface area contributed by atoms with Gasteiger partial charge < -0.3 is 9.47 Å². The average molecular weight is 303 g/mol. The van der Waals surface area contributed by atoms with E-state index in [9.17, 15) is 4.79 Å². The number of methoxy groups -OCH3 is 1. The maximum atomic E-state index is 10.8. The maximum absolute atomic E-state index is 10.8. The SMILES string of the molecule is COc1cc(C=O)ccc1-c1ccc(OC2CC2)c(Cl)c1. The van der Waals surface area contributed by atoms with Crippen LogP contribution in [0.25, 0.3) is 11.1 Å². The van der Waals surface area contributed by atoms with Crippen LogP contribution in [0.2, 0.25) is 5.02 Å². The molecule has 0 N–H and O–H groups in total. The number of ether oxygens (including phenoxy) is 2. The van der Waals surface area contributed by atoms with Crippen LogP contribution in [0.4, 0.5) is 0 Å². The second-order valence-electron chi connectivity index (χ2n) is 5.04. The summed E-state index contributed by atoms with van der Waals surface area (Å²) in [7, 11) is 1.58. The van der Waals surface area contributed by atoms with Crippen molar-refractivity contribution in [3.63, 3.8) is 0 Å². The van der Waals surface area contributed by atoms with E-state index >= 15 is 0 Å². The third-order valence-corrected chi connectivity index (χ3v) is 3.72. The van der Waals surface area contributed by atoms with E-state index < -0.39 is 0 Å². The van der Waals surface area contributed by atoms with Crippen molar-refractivity contribution in [1.29, 1.82) is 0 Å². The lowest BCUT2D eigenvalue weighted by Crippen LogP contribution is -1.96. The van der Waals surface area contributed by atoms with E-state index in [4.69, 9.17) is 21.1 Å². The summed E-state index contributed by atoms with van der Waals surface area (Å²) in [5.41, 5.74) is 2.40. The van der Waals surface area contributed by atoms with Gasteiger partial charge in [-0.15, -0.1) is 0 Å². The number of carbonyl (C=O) groups is 1. The molecular formula is C17H15ClO3. The Labute approximate surface area is 128 Å². The predicted molar refractivity (Wildman–Crippen MR) is 82.5 cm³/mol. The Bertz CT molecular complexity index is 678. The van der Waals surface area contributed by atoms with Crippen molar-refractivity contribution in [2.24, 2.45) is 0 Å². The summed E-state index contributed by atoms with van der Waals surface area (Å²) in [5, 5.41) is 0.584. The van der Waals surface area contributed by atoms with Crippen molar-refractivity contribution in [1.82, 2.24) is 0 Å². The van der Waals surface area contributed by atoms with E-state index in [1.807, 2.05) is 24.3 Å². The van der Waals surface area contributed by atoms with Crippen LogP contribution < -0.4 is 9.47 Å². The molecule has 0 bridgehead atoms. The summed E-state index contributed by atoms with van der Waals surface area (Å²) in [6.45, 7) is 0. The van der Waals surface area contributed by atoms with Gasteiger partial charge in [-0.1, -0.05) is 23.7 Å². The van der Waals surface area contributed by atoms with Crippen molar-refractivity contribution in [3.05, 3.63) is 47.0 Å². The molecule has 0 saturated heterocycles. The molecule has 108 valence electrons. The van der Waals surface area contributed by atoms with Crippen molar-refractivity contribution in [2.45, 2.75) is 18.9 Å². The summed E-state index contributed by atoms with van der Waals surface area (Å²) < 4.78 is 11.1. The second-order valence-corrected chi connectivity index (χ2v) is 5.45. The zero-order valence-electron chi connectivity index (χ0n) is 11.6. The third kappa shape index (κ3) is 3.03. The van der Waals surface area contributed by atoms with Crippen LogP contribution in [0.3, 0.4) is 0 Å². The molecule has 1 aliphatic rings. The van der Waals surface area contributed by atoms with E-state index in [0.717, 1.165) is 30.3 Å². The molecule has 0 heterocycles. The van der Waals surface area contributed by atoms with E-state index in [1.165, 1.54) is 0 Å². The minimum atomic E-state index is 0.315. The third-order valence-electron chi connectivity index (χ3n) is 3.42. The Morgan fingerprint density at radius 1 is 1.14 bits per heavy atom. The van der Waals surface area contributed by atoms with E-state index in [-0.39, 0.29) is 0 Å². The highest BCUT2D eigenvalue weighted by Crippen LogP contribution is 2.37. The fraction of sp³-hybridized carbons (Fsp3) is 0.235. The molecule has 1 fully saturated rings. The molecule has 0 spiro atoms. The molecule has 3 rings (SSSR count). The Kier molecular flexibility index (Phi) is 3.84. The largest absolute Gasteiger partial charge is 0.496 e. The van der Waals surface area contributed by atoms with Crippen molar-refractivity contribution in [2.75, 3.05) is 7.11 Å².